The molecule has 0 saturated heterocycles. The highest BCUT2D eigenvalue weighted by molar-refractivity contribution is 5.94. The highest BCUT2D eigenvalue weighted by Gasteiger charge is 2.14. The molecule has 0 aliphatic carbocycles. The Kier molecular flexibility index (Phi) is 4.44. The maximum absolute atomic E-state index is 13.5. The van der Waals surface area contributed by atoms with Gasteiger partial charge in [0, 0.05) is 24.0 Å². The van der Waals surface area contributed by atoms with Crippen molar-refractivity contribution < 1.29 is 13.6 Å². The predicted molar refractivity (Wildman–Crippen MR) is 74.3 cm³/mol. The van der Waals surface area contributed by atoms with Gasteiger partial charge in [0.15, 0.2) is 11.6 Å². The molecule has 1 aromatic carbocycles. The number of carbonyl (C=O) groups excluding carboxylic acids is 1. The average Bonchev–Trinajstić information content (AvgIpc) is 2.46. The standard InChI is InChI=1S/C14H14F2N4O/c1-8-2-3-9(6-18-8)7-19-14(21)10-4-11(15)13(20-17)12(16)5-10/h2-6,20H,7,17H2,1H3,(H,19,21). The van der Waals surface area contributed by atoms with Crippen molar-refractivity contribution >= 4 is 11.6 Å². The van der Waals surface area contributed by atoms with E-state index in [0.717, 1.165) is 23.4 Å². The molecule has 0 bridgehead atoms. The molecule has 1 aromatic heterocycles. The van der Waals surface area contributed by atoms with Crippen LogP contribution in [0.5, 0.6) is 0 Å². The monoisotopic (exact) mass is 292 g/mol. The van der Waals surface area contributed by atoms with Gasteiger partial charge in [0.25, 0.3) is 5.91 Å². The third kappa shape index (κ3) is 3.51. The number of nitrogens with one attached hydrogen (secondary N) is 2. The minimum atomic E-state index is -0.931. The number of hydrazine groups is 1. The summed E-state index contributed by atoms with van der Waals surface area (Å²) in [6, 6.07) is 5.45. The molecule has 0 spiro atoms. The summed E-state index contributed by atoms with van der Waals surface area (Å²) in [7, 11) is 0. The van der Waals surface area contributed by atoms with Gasteiger partial charge in [-0.2, -0.15) is 0 Å². The number of amides is 1. The molecule has 21 heavy (non-hydrogen) atoms. The Hall–Kier alpha value is -2.54. The lowest BCUT2D eigenvalue weighted by molar-refractivity contribution is 0.0950. The fourth-order valence-electron chi connectivity index (χ4n) is 1.73. The molecule has 0 fully saturated rings. The summed E-state index contributed by atoms with van der Waals surface area (Å²) in [5, 5.41) is 2.56. The van der Waals surface area contributed by atoms with Crippen LogP contribution < -0.4 is 16.6 Å². The fourth-order valence-corrected chi connectivity index (χ4v) is 1.73. The first-order valence-corrected chi connectivity index (χ1v) is 6.16. The Morgan fingerprint density at radius 2 is 1.95 bits per heavy atom. The molecule has 0 aliphatic heterocycles. The molecule has 0 unspecified atom stereocenters. The van der Waals surface area contributed by atoms with Crippen LogP contribution in [0.2, 0.25) is 0 Å². The first-order valence-electron chi connectivity index (χ1n) is 6.16. The maximum atomic E-state index is 13.5. The summed E-state index contributed by atoms with van der Waals surface area (Å²) in [6.07, 6.45) is 1.62. The number of pyridine rings is 1. The van der Waals surface area contributed by atoms with Crippen LogP contribution >= 0.6 is 0 Å². The second-order valence-corrected chi connectivity index (χ2v) is 4.45. The summed E-state index contributed by atoms with van der Waals surface area (Å²) in [6.45, 7) is 2.06. The molecule has 4 N–H and O–H groups in total. The van der Waals surface area contributed by atoms with E-state index in [0.29, 0.717) is 0 Å². The Morgan fingerprint density at radius 3 is 2.48 bits per heavy atom. The van der Waals surface area contributed by atoms with E-state index in [-0.39, 0.29) is 12.1 Å². The van der Waals surface area contributed by atoms with Gasteiger partial charge in [0.05, 0.1) is 0 Å². The Morgan fingerprint density at radius 1 is 1.29 bits per heavy atom. The molecule has 0 saturated carbocycles. The molecular formula is C14H14F2N4O. The van der Waals surface area contributed by atoms with Gasteiger partial charge in [-0.3, -0.25) is 15.6 Å². The van der Waals surface area contributed by atoms with E-state index >= 15 is 0 Å². The largest absolute Gasteiger partial charge is 0.348 e. The van der Waals surface area contributed by atoms with E-state index in [1.807, 2.05) is 24.5 Å². The van der Waals surface area contributed by atoms with Crippen LogP contribution in [0.25, 0.3) is 0 Å². The molecule has 0 radical (unpaired) electrons. The molecule has 2 aromatic rings. The van der Waals surface area contributed by atoms with E-state index in [1.165, 1.54) is 0 Å². The van der Waals surface area contributed by atoms with Gasteiger partial charge in [-0.05, 0) is 30.7 Å². The maximum Gasteiger partial charge on any atom is 0.251 e. The number of nitrogens with zero attached hydrogens (tertiary/aromatic N) is 1. The smallest absolute Gasteiger partial charge is 0.251 e. The van der Waals surface area contributed by atoms with Crippen molar-refractivity contribution in [2.75, 3.05) is 5.43 Å². The topological polar surface area (TPSA) is 80.0 Å². The van der Waals surface area contributed by atoms with Crippen molar-refractivity contribution in [3.8, 4) is 0 Å². The van der Waals surface area contributed by atoms with E-state index in [1.54, 1.807) is 6.20 Å². The zero-order valence-electron chi connectivity index (χ0n) is 11.3. The quantitative estimate of drug-likeness (QED) is 0.594. The van der Waals surface area contributed by atoms with Crippen LogP contribution in [-0.4, -0.2) is 10.9 Å². The Labute approximate surface area is 120 Å². The molecule has 0 atom stereocenters. The van der Waals surface area contributed by atoms with Crippen molar-refractivity contribution in [1.82, 2.24) is 10.3 Å². The number of rotatable bonds is 4. The first kappa shape index (κ1) is 14.9. The van der Waals surface area contributed by atoms with Crippen molar-refractivity contribution in [2.24, 2.45) is 5.84 Å². The highest BCUT2D eigenvalue weighted by atomic mass is 19.1. The second-order valence-electron chi connectivity index (χ2n) is 4.45. The normalized spacial score (nSPS) is 10.3. The van der Waals surface area contributed by atoms with Gasteiger partial charge in [-0.15, -0.1) is 0 Å². The molecule has 1 heterocycles. The number of halogens is 2. The zero-order valence-corrected chi connectivity index (χ0v) is 11.3. The molecule has 2 rings (SSSR count). The second kappa shape index (κ2) is 6.27. The van der Waals surface area contributed by atoms with Gasteiger partial charge in [0.2, 0.25) is 0 Å². The summed E-state index contributed by atoms with van der Waals surface area (Å²) < 4.78 is 27.0. The summed E-state index contributed by atoms with van der Waals surface area (Å²) in [5.41, 5.74) is 2.95. The summed E-state index contributed by atoms with van der Waals surface area (Å²) in [4.78, 5) is 16.0. The third-order valence-electron chi connectivity index (χ3n) is 2.87. The average molecular weight is 292 g/mol. The lowest BCUT2D eigenvalue weighted by atomic mass is 10.1. The van der Waals surface area contributed by atoms with Crippen LogP contribution in [0.3, 0.4) is 0 Å². The number of anilines is 1. The molecule has 0 aliphatic rings. The van der Waals surface area contributed by atoms with Crippen molar-refractivity contribution in [3.05, 3.63) is 58.9 Å². The van der Waals surface area contributed by atoms with Crippen LogP contribution in [0.4, 0.5) is 14.5 Å². The summed E-state index contributed by atoms with van der Waals surface area (Å²) >= 11 is 0. The van der Waals surface area contributed by atoms with Gasteiger partial charge in [0.1, 0.15) is 5.69 Å². The zero-order chi connectivity index (χ0) is 15.4. The minimum absolute atomic E-state index is 0.121. The molecule has 7 heteroatoms. The van der Waals surface area contributed by atoms with Crippen LogP contribution in [0.15, 0.2) is 30.5 Å². The first-order chi connectivity index (χ1) is 10.0. The predicted octanol–water partition coefficient (Wildman–Crippen LogP) is 1.88. The number of benzene rings is 1. The number of hydrogen-bond acceptors (Lipinski definition) is 4. The number of hydrogen-bond donors (Lipinski definition) is 3. The van der Waals surface area contributed by atoms with Gasteiger partial charge < -0.3 is 10.7 Å². The van der Waals surface area contributed by atoms with Crippen LogP contribution in [0, 0.1) is 18.6 Å². The number of nitrogens with two attached hydrogens (primary N) is 1. The Balaban J connectivity index is 2.08. The van der Waals surface area contributed by atoms with Crippen molar-refractivity contribution in [2.45, 2.75) is 13.5 Å². The van der Waals surface area contributed by atoms with E-state index < -0.39 is 23.2 Å². The molecule has 1 amide bonds. The number of carbonyl (C=O) groups is 1. The van der Waals surface area contributed by atoms with E-state index in [4.69, 9.17) is 5.84 Å². The Bertz CT molecular complexity index is 636. The number of aryl methyl sites for hydroxylation is 1. The lowest BCUT2D eigenvalue weighted by Gasteiger charge is -2.08. The molecule has 110 valence electrons. The van der Waals surface area contributed by atoms with Gasteiger partial charge in [-0.25, -0.2) is 8.78 Å². The van der Waals surface area contributed by atoms with Crippen molar-refractivity contribution in [1.29, 1.82) is 0 Å². The fraction of sp³-hybridized carbons (Fsp3) is 0.143. The van der Waals surface area contributed by atoms with Crippen LogP contribution in [0.1, 0.15) is 21.6 Å². The SMILES string of the molecule is Cc1ccc(CNC(=O)c2cc(F)c(NN)c(F)c2)cn1. The van der Waals surface area contributed by atoms with Crippen molar-refractivity contribution in [3.63, 3.8) is 0 Å². The van der Waals surface area contributed by atoms with E-state index in [2.05, 4.69) is 10.3 Å². The van der Waals surface area contributed by atoms with Crippen LogP contribution in [-0.2, 0) is 6.54 Å². The van der Waals surface area contributed by atoms with E-state index in [9.17, 15) is 13.6 Å². The lowest BCUT2D eigenvalue weighted by Crippen LogP contribution is -2.23. The number of aromatic nitrogens is 1. The number of nitrogen functional groups attached to an aromatic ring is 1. The van der Waals surface area contributed by atoms with Gasteiger partial charge >= 0.3 is 0 Å². The van der Waals surface area contributed by atoms with Gasteiger partial charge in [-0.1, -0.05) is 6.07 Å². The summed E-state index contributed by atoms with van der Waals surface area (Å²) in [5.74, 6) is 2.54. The third-order valence-corrected chi connectivity index (χ3v) is 2.87. The molecular weight excluding hydrogens is 278 g/mol. The highest BCUT2D eigenvalue weighted by Crippen LogP contribution is 2.19. The minimum Gasteiger partial charge on any atom is -0.348 e. The molecule has 5 nitrogen and oxygen atoms in total.